The highest BCUT2D eigenvalue weighted by molar-refractivity contribution is 6.05. The minimum atomic E-state index is -0.525. The maximum absolute atomic E-state index is 13.7. The molecule has 4 aromatic rings. The van der Waals surface area contributed by atoms with Crippen molar-refractivity contribution in [1.82, 2.24) is 4.98 Å². The number of nitrogens with one attached hydrogen (secondary N) is 3. The number of methoxy groups -OCH3 is 1. The first-order valence-electron chi connectivity index (χ1n) is 10.2. The molecule has 0 spiro atoms. The van der Waals surface area contributed by atoms with Gasteiger partial charge in [-0.3, -0.25) is 9.59 Å². The highest BCUT2D eigenvalue weighted by Crippen LogP contribution is 2.29. The van der Waals surface area contributed by atoms with Crippen molar-refractivity contribution in [3.05, 3.63) is 89.1 Å². The van der Waals surface area contributed by atoms with E-state index in [4.69, 9.17) is 4.74 Å². The lowest BCUT2D eigenvalue weighted by Gasteiger charge is -2.13. The van der Waals surface area contributed by atoms with E-state index in [-0.39, 0.29) is 23.7 Å². The summed E-state index contributed by atoms with van der Waals surface area (Å²) in [5, 5.41) is 6.12. The van der Waals surface area contributed by atoms with Gasteiger partial charge in [0.25, 0.3) is 5.91 Å². The number of ether oxygens (including phenoxy) is 1. The Morgan fingerprint density at radius 3 is 2.52 bits per heavy atom. The third-order valence-electron chi connectivity index (χ3n) is 5.24. The normalized spacial score (nSPS) is 10.8. The van der Waals surface area contributed by atoms with Crippen LogP contribution in [0.4, 0.5) is 20.2 Å². The maximum atomic E-state index is 13.7. The molecule has 0 atom stereocenters. The van der Waals surface area contributed by atoms with Crippen molar-refractivity contribution in [3.63, 3.8) is 0 Å². The molecular weight excluding hydrogens is 428 g/mol. The fourth-order valence-corrected chi connectivity index (χ4v) is 3.66. The Balaban J connectivity index is 1.53. The average Bonchev–Trinajstić information content (AvgIpc) is 3.08. The number of aromatic amines is 1. The number of benzene rings is 3. The number of hydrogen-bond donors (Lipinski definition) is 3. The van der Waals surface area contributed by atoms with Gasteiger partial charge in [-0.15, -0.1) is 0 Å². The molecule has 0 saturated heterocycles. The molecule has 8 heteroatoms. The molecule has 6 nitrogen and oxygen atoms in total. The summed E-state index contributed by atoms with van der Waals surface area (Å²) in [5.74, 6) is -1.36. The number of amides is 2. The van der Waals surface area contributed by atoms with Crippen molar-refractivity contribution < 1.29 is 23.1 Å². The summed E-state index contributed by atoms with van der Waals surface area (Å²) in [7, 11) is 1.45. The van der Waals surface area contributed by atoms with Gasteiger partial charge in [-0.25, -0.2) is 8.78 Å². The van der Waals surface area contributed by atoms with E-state index >= 15 is 0 Å². The molecule has 0 radical (unpaired) electrons. The first-order chi connectivity index (χ1) is 15.8. The number of H-pyrrole nitrogens is 1. The van der Waals surface area contributed by atoms with Gasteiger partial charge in [-0.2, -0.15) is 0 Å². The molecule has 4 rings (SSSR count). The van der Waals surface area contributed by atoms with Crippen LogP contribution < -0.4 is 15.4 Å². The largest absolute Gasteiger partial charge is 0.495 e. The van der Waals surface area contributed by atoms with E-state index in [9.17, 15) is 18.4 Å². The van der Waals surface area contributed by atoms with Crippen LogP contribution in [0.15, 0.2) is 60.7 Å². The lowest BCUT2D eigenvalue weighted by Crippen LogP contribution is -2.16. The first kappa shape index (κ1) is 22.0. The Morgan fingerprint density at radius 2 is 1.76 bits per heavy atom. The molecule has 0 saturated carbocycles. The highest BCUT2D eigenvalue weighted by atomic mass is 19.1. The molecule has 2 amide bonds. The molecule has 1 aromatic heterocycles. The molecule has 0 aliphatic heterocycles. The van der Waals surface area contributed by atoms with Crippen LogP contribution in [0.2, 0.25) is 0 Å². The Labute approximate surface area is 188 Å². The Morgan fingerprint density at radius 1 is 0.970 bits per heavy atom. The van der Waals surface area contributed by atoms with Crippen molar-refractivity contribution in [2.45, 2.75) is 13.3 Å². The average molecular weight is 449 g/mol. The third-order valence-corrected chi connectivity index (χ3v) is 5.24. The fraction of sp³-hybridized carbons (Fsp3) is 0.120. The lowest BCUT2D eigenvalue weighted by molar-refractivity contribution is -0.115. The zero-order valence-corrected chi connectivity index (χ0v) is 18.0. The Kier molecular flexibility index (Phi) is 6.08. The van der Waals surface area contributed by atoms with Gasteiger partial charge in [0.05, 0.1) is 19.2 Å². The van der Waals surface area contributed by atoms with E-state index in [1.165, 1.54) is 37.4 Å². The third kappa shape index (κ3) is 4.85. The highest BCUT2D eigenvalue weighted by Gasteiger charge is 2.15. The standard InChI is InChI=1S/C25H21F2N3O3/c1-14-19(20-11-17(27)6-8-21(20)28-14)13-24(31)29-18-7-9-23(33-2)22(12-18)30-25(32)15-4-3-5-16(26)10-15/h3-12,28H,13H2,1-2H3,(H,29,31)(H,30,32). The van der Waals surface area contributed by atoms with Crippen LogP contribution in [0.5, 0.6) is 5.75 Å². The van der Waals surface area contributed by atoms with Gasteiger partial charge in [0.15, 0.2) is 0 Å². The molecule has 3 aromatic carbocycles. The Hall–Kier alpha value is -4.20. The Bertz CT molecular complexity index is 1360. The summed E-state index contributed by atoms with van der Waals surface area (Å²) in [6.07, 6.45) is 0.0340. The monoisotopic (exact) mass is 449 g/mol. The molecule has 0 aliphatic rings. The quantitative estimate of drug-likeness (QED) is 0.379. The second-order valence-corrected chi connectivity index (χ2v) is 7.52. The number of anilines is 2. The van der Waals surface area contributed by atoms with Crippen molar-refractivity contribution in [3.8, 4) is 5.75 Å². The number of aryl methyl sites for hydroxylation is 1. The number of aromatic nitrogens is 1. The van der Waals surface area contributed by atoms with E-state index in [1.807, 2.05) is 6.92 Å². The lowest BCUT2D eigenvalue weighted by atomic mass is 10.1. The summed E-state index contributed by atoms with van der Waals surface area (Å²) in [5.41, 5.74) is 3.13. The fourth-order valence-electron chi connectivity index (χ4n) is 3.66. The molecule has 33 heavy (non-hydrogen) atoms. The van der Waals surface area contributed by atoms with Crippen LogP contribution in [0, 0.1) is 18.6 Å². The number of hydrogen-bond acceptors (Lipinski definition) is 3. The molecule has 1 heterocycles. The zero-order valence-electron chi connectivity index (χ0n) is 18.0. The van der Waals surface area contributed by atoms with Gasteiger partial charge >= 0.3 is 0 Å². The van der Waals surface area contributed by atoms with Gasteiger partial charge in [0.1, 0.15) is 17.4 Å². The summed E-state index contributed by atoms with van der Waals surface area (Å²) in [6, 6.07) is 14.5. The first-order valence-corrected chi connectivity index (χ1v) is 10.2. The molecular formula is C25H21F2N3O3. The zero-order chi connectivity index (χ0) is 23.5. The molecule has 0 bridgehead atoms. The molecule has 168 valence electrons. The van der Waals surface area contributed by atoms with E-state index in [2.05, 4.69) is 15.6 Å². The van der Waals surface area contributed by atoms with Gasteiger partial charge in [0, 0.05) is 27.8 Å². The van der Waals surface area contributed by atoms with Crippen molar-refractivity contribution in [2.24, 2.45) is 0 Å². The summed E-state index contributed by atoms with van der Waals surface area (Å²) in [6.45, 7) is 1.83. The molecule has 0 fully saturated rings. The predicted octanol–water partition coefficient (Wildman–Crippen LogP) is 5.20. The SMILES string of the molecule is COc1ccc(NC(=O)Cc2c(C)[nH]c3ccc(F)cc23)cc1NC(=O)c1cccc(F)c1. The number of carbonyl (C=O) groups excluding carboxylic acids is 2. The maximum Gasteiger partial charge on any atom is 0.255 e. The van der Waals surface area contributed by atoms with Crippen LogP contribution >= 0.6 is 0 Å². The molecule has 0 unspecified atom stereocenters. The van der Waals surface area contributed by atoms with Gasteiger partial charge in [0.2, 0.25) is 5.91 Å². The molecule has 0 aliphatic carbocycles. The van der Waals surface area contributed by atoms with Crippen molar-refractivity contribution in [1.29, 1.82) is 0 Å². The summed E-state index contributed by atoms with van der Waals surface area (Å²) in [4.78, 5) is 28.4. The van der Waals surface area contributed by atoms with Crippen LogP contribution in [0.1, 0.15) is 21.6 Å². The minimum Gasteiger partial charge on any atom is -0.495 e. The number of carbonyl (C=O) groups is 2. The minimum absolute atomic E-state index is 0.0340. The van der Waals surface area contributed by atoms with E-state index in [0.29, 0.717) is 28.1 Å². The van der Waals surface area contributed by atoms with Crippen LogP contribution in [-0.2, 0) is 11.2 Å². The van der Waals surface area contributed by atoms with Gasteiger partial charge < -0.3 is 20.4 Å². The number of fused-ring (bicyclic) bond motifs is 1. The topological polar surface area (TPSA) is 83.2 Å². The number of halogens is 2. The molecule has 3 N–H and O–H groups in total. The summed E-state index contributed by atoms with van der Waals surface area (Å²) >= 11 is 0. The van der Waals surface area contributed by atoms with Crippen molar-refractivity contribution >= 4 is 34.1 Å². The van der Waals surface area contributed by atoms with Gasteiger partial charge in [-0.1, -0.05) is 6.07 Å². The van der Waals surface area contributed by atoms with Crippen LogP contribution in [0.25, 0.3) is 10.9 Å². The van der Waals surface area contributed by atoms with Gasteiger partial charge in [-0.05, 0) is 67.1 Å². The second kappa shape index (κ2) is 9.12. The van der Waals surface area contributed by atoms with E-state index < -0.39 is 11.7 Å². The van der Waals surface area contributed by atoms with Crippen molar-refractivity contribution in [2.75, 3.05) is 17.7 Å². The second-order valence-electron chi connectivity index (χ2n) is 7.52. The predicted molar refractivity (Wildman–Crippen MR) is 123 cm³/mol. The smallest absolute Gasteiger partial charge is 0.255 e. The number of rotatable bonds is 6. The van der Waals surface area contributed by atoms with E-state index in [1.54, 1.807) is 24.3 Å². The van der Waals surface area contributed by atoms with Crippen LogP contribution in [-0.4, -0.2) is 23.9 Å². The van der Waals surface area contributed by atoms with E-state index in [0.717, 1.165) is 17.3 Å². The summed E-state index contributed by atoms with van der Waals surface area (Å²) < 4.78 is 32.4. The van der Waals surface area contributed by atoms with Crippen LogP contribution in [0.3, 0.4) is 0 Å².